The Morgan fingerprint density at radius 1 is 1.47 bits per heavy atom. The lowest BCUT2D eigenvalue weighted by Crippen LogP contribution is -2.04. The molecule has 0 bridgehead atoms. The van der Waals surface area contributed by atoms with Gasteiger partial charge in [0.1, 0.15) is 23.0 Å². The molecule has 0 fully saturated rings. The predicted octanol–water partition coefficient (Wildman–Crippen LogP) is 1.78. The van der Waals surface area contributed by atoms with Crippen LogP contribution in [0, 0.1) is 18.3 Å². The first kappa shape index (κ1) is 12.6. The number of aromatic nitrogens is 2. The third-order valence-corrected chi connectivity index (χ3v) is 2.38. The number of anilines is 2. The van der Waals surface area contributed by atoms with Gasteiger partial charge in [0.25, 0.3) is 0 Å². The van der Waals surface area contributed by atoms with E-state index in [4.69, 9.17) is 9.68 Å². The molecular weight excluding hydrogens is 248 g/mol. The largest absolute Gasteiger partial charge is 0.465 e. The van der Waals surface area contributed by atoms with Crippen LogP contribution in [0.15, 0.2) is 22.9 Å². The minimum atomic E-state index is -0.625. The number of hydrogen-bond donors (Lipinski definition) is 1. The summed E-state index contributed by atoms with van der Waals surface area (Å²) >= 11 is 0. The number of esters is 1. The molecule has 1 N–H and O–H groups in total. The minimum Gasteiger partial charge on any atom is -0.465 e. The van der Waals surface area contributed by atoms with Crippen molar-refractivity contribution in [2.45, 2.75) is 6.92 Å². The Bertz CT molecular complexity index is 643. The Kier molecular flexibility index (Phi) is 3.43. The molecule has 0 aliphatic rings. The van der Waals surface area contributed by atoms with Crippen molar-refractivity contribution in [3.8, 4) is 6.07 Å². The third kappa shape index (κ3) is 2.37. The zero-order valence-corrected chi connectivity index (χ0v) is 10.3. The van der Waals surface area contributed by atoms with Crippen LogP contribution in [-0.4, -0.2) is 23.0 Å². The molecular formula is C12H10N4O3. The molecule has 0 spiro atoms. The number of carbonyl (C=O) groups is 1. The van der Waals surface area contributed by atoms with E-state index in [1.807, 2.05) is 6.07 Å². The number of ether oxygens (including phenoxy) is 1. The number of nitrogens with one attached hydrogen (secondary N) is 1. The van der Waals surface area contributed by atoms with Crippen LogP contribution in [0.5, 0.6) is 0 Å². The second-order valence-corrected chi connectivity index (χ2v) is 3.54. The van der Waals surface area contributed by atoms with Gasteiger partial charge in [0.15, 0.2) is 0 Å². The lowest BCUT2D eigenvalue weighted by Gasteiger charge is -2.00. The summed E-state index contributed by atoms with van der Waals surface area (Å²) in [6.07, 6.45) is 3.08. The monoisotopic (exact) mass is 258 g/mol. The van der Waals surface area contributed by atoms with E-state index in [1.54, 1.807) is 25.4 Å². The fraction of sp³-hybridized carbons (Fsp3) is 0.167. The average molecular weight is 258 g/mol. The topological polar surface area (TPSA) is 101 Å². The lowest BCUT2D eigenvalue weighted by atomic mass is 10.1. The molecule has 0 aromatic carbocycles. The molecule has 7 nitrogen and oxygen atoms in total. The van der Waals surface area contributed by atoms with E-state index in [0.717, 1.165) is 0 Å². The molecule has 7 heteroatoms. The van der Waals surface area contributed by atoms with Gasteiger partial charge >= 0.3 is 5.97 Å². The van der Waals surface area contributed by atoms with Crippen molar-refractivity contribution < 1.29 is 13.9 Å². The van der Waals surface area contributed by atoms with Crippen LogP contribution in [0.1, 0.15) is 21.7 Å². The Morgan fingerprint density at radius 2 is 2.16 bits per heavy atom. The normalized spacial score (nSPS) is 9.74. The van der Waals surface area contributed by atoms with Crippen LogP contribution < -0.4 is 5.32 Å². The van der Waals surface area contributed by atoms with Crippen molar-refractivity contribution in [1.82, 2.24) is 9.97 Å². The van der Waals surface area contributed by atoms with E-state index in [9.17, 15) is 4.79 Å². The van der Waals surface area contributed by atoms with Gasteiger partial charge in [-0.05, 0) is 13.0 Å². The molecule has 96 valence electrons. The summed E-state index contributed by atoms with van der Waals surface area (Å²) in [4.78, 5) is 19.5. The SMILES string of the molecule is COC(=O)c1c(C)oc(Nc2ncccn2)c1C#N. The highest BCUT2D eigenvalue weighted by atomic mass is 16.5. The van der Waals surface area contributed by atoms with Gasteiger partial charge in [-0.25, -0.2) is 14.8 Å². The van der Waals surface area contributed by atoms with Crippen molar-refractivity contribution in [1.29, 1.82) is 5.26 Å². The fourth-order valence-corrected chi connectivity index (χ4v) is 1.55. The predicted molar refractivity (Wildman–Crippen MR) is 64.8 cm³/mol. The molecule has 0 amide bonds. The van der Waals surface area contributed by atoms with Gasteiger partial charge in [0.05, 0.1) is 7.11 Å². The maximum Gasteiger partial charge on any atom is 0.342 e. The number of rotatable bonds is 3. The third-order valence-electron chi connectivity index (χ3n) is 2.38. The summed E-state index contributed by atoms with van der Waals surface area (Å²) in [7, 11) is 1.24. The van der Waals surface area contributed by atoms with Gasteiger partial charge < -0.3 is 9.15 Å². The molecule has 2 rings (SSSR count). The maximum atomic E-state index is 11.6. The number of nitriles is 1. The van der Waals surface area contributed by atoms with E-state index >= 15 is 0 Å². The summed E-state index contributed by atoms with van der Waals surface area (Å²) in [6.45, 7) is 1.57. The second-order valence-electron chi connectivity index (χ2n) is 3.54. The van der Waals surface area contributed by atoms with Gasteiger partial charge in [-0.3, -0.25) is 5.32 Å². The van der Waals surface area contributed by atoms with Crippen molar-refractivity contribution in [3.05, 3.63) is 35.3 Å². The molecule has 0 aliphatic carbocycles. The summed E-state index contributed by atoms with van der Waals surface area (Å²) in [5, 5.41) is 11.9. The van der Waals surface area contributed by atoms with E-state index < -0.39 is 5.97 Å². The number of aryl methyl sites for hydroxylation is 1. The molecule has 0 aliphatic heterocycles. The van der Waals surface area contributed by atoms with Crippen molar-refractivity contribution in [2.75, 3.05) is 12.4 Å². The lowest BCUT2D eigenvalue weighted by molar-refractivity contribution is 0.0598. The molecule has 0 atom stereocenters. The number of hydrogen-bond acceptors (Lipinski definition) is 7. The highest BCUT2D eigenvalue weighted by Crippen LogP contribution is 2.28. The summed E-state index contributed by atoms with van der Waals surface area (Å²) < 4.78 is 9.96. The van der Waals surface area contributed by atoms with E-state index in [-0.39, 0.29) is 23.0 Å². The average Bonchev–Trinajstić information content (AvgIpc) is 2.74. The molecule has 0 radical (unpaired) electrons. The zero-order chi connectivity index (χ0) is 13.8. The summed E-state index contributed by atoms with van der Waals surface area (Å²) in [6, 6.07) is 3.56. The van der Waals surface area contributed by atoms with Crippen LogP contribution in [0.25, 0.3) is 0 Å². The van der Waals surface area contributed by atoms with Gasteiger partial charge in [-0.1, -0.05) is 0 Å². The number of methoxy groups -OCH3 is 1. The van der Waals surface area contributed by atoms with Crippen LogP contribution >= 0.6 is 0 Å². The number of carbonyl (C=O) groups excluding carboxylic acids is 1. The van der Waals surface area contributed by atoms with Gasteiger partial charge in [-0.15, -0.1) is 0 Å². The van der Waals surface area contributed by atoms with Crippen molar-refractivity contribution in [3.63, 3.8) is 0 Å². The first-order chi connectivity index (χ1) is 9.17. The Balaban J connectivity index is 2.43. The van der Waals surface area contributed by atoms with Crippen LogP contribution in [0.2, 0.25) is 0 Å². The molecule has 0 unspecified atom stereocenters. The van der Waals surface area contributed by atoms with Crippen molar-refractivity contribution >= 4 is 17.8 Å². The molecule has 2 aromatic heterocycles. The smallest absolute Gasteiger partial charge is 0.342 e. The first-order valence-corrected chi connectivity index (χ1v) is 5.33. The van der Waals surface area contributed by atoms with Gasteiger partial charge in [0, 0.05) is 12.4 Å². The summed E-state index contributed by atoms with van der Waals surface area (Å²) in [5.41, 5.74) is 0.167. The van der Waals surface area contributed by atoms with Gasteiger partial charge in [0.2, 0.25) is 11.8 Å². The Labute approximate surface area is 108 Å². The fourth-order valence-electron chi connectivity index (χ4n) is 1.55. The number of furan rings is 1. The molecule has 19 heavy (non-hydrogen) atoms. The maximum absolute atomic E-state index is 11.6. The van der Waals surface area contributed by atoms with Crippen LogP contribution in [0.4, 0.5) is 11.8 Å². The molecule has 2 heterocycles. The van der Waals surface area contributed by atoms with Crippen molar-refractivity contribution in [2.24, 2.45) is 0 Å². The molecule has 0 saturated carbocycles. The number of nitrogens with zero attached hydrogens (tertiary/aromatic N) is 3. The zero-order valence-electron chi connectivity index (χ0n) is 10.3. The standard InChI is InChI=1S/C12H10N4O3/c1-7-9(11(17)18-2)8(6-13)10(19-7)16-12-14-4-3-5-15-12/h3-5H,1-2H3,(H,14,15,16). The first-order valence-electron chi connectivity index (χ1n) is 5.33. The highest BCUT2D eigenvalue weighted by molar-refractivity contribution is 5.95. The highest BCUT2D eigenvalue weighted by Gasteiger charge is 2.24. The second kappa shape index (κ2) is 5.18. The Morgan fingerprint density at radius 3 is 2.74 bits per heavy atom. The minimum absolute atomic E-state index is 0.0665. The quantitative estimate of drug-likeness (QED) is 0.837. The molecule has 2 aromatic rings. The van der Waals surface area contributed by atoms with Crippen LogP contribution in [-0.2, 0) is 4.74 Å². The summed E-state index contributed by atoms with van der Waals surface area (Å²) in [5.74, 6) is 0.0532. The van der Waals surface area contributed by atoms with E-state index in [0.29, 0.717) is 5.76 Å². The van der Waals surface area contributed by atoms with E-state index in [1.165, 1.54) is 7.11 Å². The Hall–Kier alpha value is -2.88. The van der Waals surface area contributed by atoms with Gasteiger partial charge in [-0.2, -0.15) is 5.26 Å². The molecule has 0 saturated heterocycles. The van der Waals surface area contributed by atoms with Crippen LogP contribution in [0.3, 0.4) is 0 Å². The van der Waals surface area contributed by atoms with E-state index in [2.05, 4.69) is 20.0 Å².